The number of nitrogens with one attached hydrogen (secondary N) is 1. The summed E-state index contributed by atoms with van der Waals surface area (Å²) >= 11 is 3.15. The van der Waals surface area contributed by atoms with Gasteiger partial charge in [0.25, 0.3) is 0 Å². The highest BCUT2D eigenvalue weighted by molar-refractivity contribution is 9.09. The second kappa shape index (κ2) is 7.02. The van der Waals surface area contributed by atoms with Crippen LogP contribution in [0, 0.1) is 0 Å². The molecule has 0 fully saturated rings. The van der Waals surface area contributed by atoms with E-state index in [-0.39, 0.29) is 12.5 Å². The maximum absolute atomic E-state index is 10.7. The van der Waals surface area contributed by atoms with Crippen LogP contribution >= 0.6 is 15.9 Å². The van der Waals surface area contributed by atoms with E-state index in [0.717, 1.165) is 0 Å². The number of aliphatic hydroxyl groups excluding tert-OH is 1. The van der Waals surface area contributed by atoms with Gasteiger partial charge in [0.2, 0.25) is 5.91 Å². The van der Waals surface area contributed by atoms with Crippen molar-refractivity contribution in [1.29, 1.82) is 0 Å². The first-order valence-electron chi connectivity index (χ1n) is 3.24. The van der Waals surface area contributed by atoms with Crippen molar-refractivity contribution in [3.8, 4) is 0 Å². The summed E-state index contributed by atoms with van der Waals surface area (Å²) in [5, 5.41) is 11.7. The molecule has 4 heteroatoms. The predicted molar refractivity (Wildman–Crippen MR) is 43.1 cm³/mol. The first-order valence-corrected chi connectivity index (χ1v) is 4.37. The van der Waals surface area contributed by atoms with Crippen LogP contribution in [-0.4, -0.2) is 29.5 Å². The Hall–Kier alpha value is -0.0900. The zero-order valence-corrected chi connectivity index (χ0v) is 7.35. The summed E-state index contributed by atoms with van der Waals surface area (Å²) in [6, 6.07) is 0. The maximum Gasteiger partial charge on any atom is 0.220 e. The molecular weight excluding hydrogens is 198 g/mol. The van der Waals surface area contributed by atoms with E-state index in [1.54, 1.807) is 0 Å². The molecule has 2 N–H and O–H groups in total. The van der Waals surface area contributed by atoms with Gasteiger partial charge in [-0.3, -0.25) is 4.79 Å². The molecule has 1 amide bonds. The molecule has 0 radical (unpaired) electrons. The van der Waals surface area contributed by atoms with Gasteiger partial charge in [-0.15, -0.1) is 0 Å². The average Bonchev–Trinajstić information content (AvgIpc) is 1.89. The lowest BCUT2D eigenvalue weighted by Crippen LogP contribution is -2.24. The molecule has 0 aliphatic carbocycles. The number of hydrogen-bond acceptors (Lipinski definition) is 2. The molecule has 60 valence electrons. The molecule has 10 heavy (non-hydrogen) atoms. The molecule has 0 saturated heterocycles. The first kappa shape index (κ1) is 9.91. The largest absolute Gasteiger partial charge is 0.396 e. The zero-order valence-electron chi connectivity index (χ0n) is 5.77. The number of carbonyl (C=O) groups is 1. The van der Waals surface area contributed by atoms with Crippen LogP contribution in [0.1, 0.15) is 12.8 Å². The van der Waals surface area contributed by atoms with Crippen molar-refractivity contribution in [1.82, 2.24) is 5.32 Å². The highest BCUT2D eigenvalue weighted by atomic mass is 79.9. The molecular formula is C6H12BrNO2. The van der Waals surface area contributed by atoms with Gasteiger partial charge in [0.15, 0.2) is 0 Å². The Kier molecular flexibility index (Phi) is 6.96. The summed E-state index contributed by atoms with van der Waals surface area (Å²) in [7, 11) is 0. The number of aliphatic hydroxyl groups is 1. The van der Waals surface area contributed by atoms with Crippen LogP contribution in [0.3, 0.4) is 0 Å². The van der Waals surface area contributed by atoms with Gasteiger partial charge in [-0.25, -0.2) is 0 Å². The van der Waals surface area contributed by atoms with Gasteiger partial charge >= 0.3 is 0 Å². The summed E-state index contributed by atoms with van der Waals surface area (Å²) in [6.45, 7) is 0.705. The van der Waals surface area contributed by atoms with Crippen molar-refractivity contribution >= 4 is 21.8 Å². The fourth-order valence-corrected chi connectivity index (χ4v) is 0.841. The summed E-state index contributed by atoms with van der Waals surface area (Å²) in [5.74, 6) is 0.0327. The molecule has 0 spiro atoms. The van der Waals surface area contributed by atoms with Crippen molar-refractivity contribution in [3.05, 3.63) is 0 Å². The van der Waals surface area contributed by atoms with Crippen molar-refractivity contribution in [3.63, 3.8) is 0 Å². The van der Waals surface area contributed by atoms with E-state index >= 15 is 0 Å². The molecule has 0 aliphatic heterocycles. The predicted octanol–water partition coefficient (Wildman–Crippen LogP) is 0.270. The second-order valence-corrected chi connectivity index (χ2v) is 2.66. The van der Waals surface area contributed by atoms with Crippen LogP contribution in [0.5, 0.6) is 0 Å². The van der Waals surface area contributed by atoms with Crippen LogP contribution in [0.15, 0.2) is 0 Å². The van der Waals surface area contributed by atoms with Crippen molar-refractivity contribution in [2.75, 3.05) is 18.5 Å². The quantitative estimate of drug-likeness (QED) is 0.505. The minimum atomic E-state index is 0.0327. The molecule has 0 rings (SSSR count). The van der Waals surface area contributed by atoms with Crippen LogP contribution < -0.4 is 5.32 Å². The Morgan fingerprint density at radius 3 is 2.80 bits per heavy atom. The van der Waals surface area contributed by atoms with Gasteiger partial charge in [0.1, 0.15) is 0 Å². The third kappa shape index (κ3) is 6.04. The van der Waals surface area contributed by atoms with Gasteiger partial charge < -0.3 is 10.4 Å². The molecule has 0 aromatic heterocycles. The van der Waals surface area contributed by atoms with Crippen molar-refractivity contribution < 1.29 is 9.90 Å². The lowest BCUT2D eigenvalue weighted by molar-refractivity contribution is -0.120. The fourth-order valence-electron chi connectivity index (χ4n) is 0.481. The number of alkyl halides is 1. The number of hydrogen-bond donors (Lipinski definition) is 2. The van der Waals surface area contributed by atoms with E-state index in [2.05, 4.69) is 21.2 Å². The van der Waals surface area contributed by atoms with Crippen LogP contribution in [0.4, 0.5) is 0 Å². The Bertz CT molecular complexity index is 97.7. The maximum atomic E-state index is 10.7. The number of halogens is 1. The molecule has 0 saturated carbocycles. The highest BCUT2D eigenvalue weighted by Gasteiger charge is 1.96. The van der Waals surface area contributed by atoms with Crippen LogP contribution in [-0.2, 0) is 4.79 Å². The Morgan fingerprint density at radius 2 is 2.30 bits per heavy atom. The second-order valence-electron chi connectivity index (χ2n) is 1.87. The monoisotopic (exact) mass is 209 g/mol. The fraction of sp³-hybridized carbons (Fsp3) is 0.833. The highest BCUT2D eigenvalue weighted by Crippen LogP contribution is 1.86. The molecule has 0 bridgehead atoms. The number of carbonyl (C=O) groups excluding carboxylic acids is 1. The summed E-state index contributed by atoms with van der Waals surface area (Å²) in [4.78, 5) is 10.7. The minimum Gasteiger partial charge on any atom is -0.396 e. The normalized spacial score (nSPS) is 9.40. The Balaban J connectivity index is 3.05. The van der Waals surface area contributed by atoms with Gasteiger partial charge in [-0.1, -0.05) is 15.9 Å². The van der Waals surface area contributed by atoms with Gasteiger partial charge in [-0.2, -0.15) is 0 Å². The van der Waals surface area contributed by atoms with E-state index < -0.39 is 0 Å². The Labute approximate surface area is 68.9 Å². The van der Waals surface area contributed by atoms with Gasteiger partial charge in [-0.05, 0) is 6.42 Å². The molecule has 0 aromatic rings. The molecule has 0 unspecified atom stereocenters. The molecule has 0 aliphatic rings. The van der Waals surface area contributed by atoms with Crippen LogP contribution in [0.2, 0.25) is 0 Å². The van der Waals surface area contributed by atoms with Crippen molar-refractivity contribution in [2.24, 2.45) is 0 Å². The topological polar surface area (TPSA) is 49.3 Å². The van der Waals surface area contributed by atoms with E-state index in [0.29, 0.717) is 24.7 Å². The zero-order chi connectivity index (χ0) is 7.82. The summed E-state index contributed by atoms with van der Waals surface area (Å²) < 4.78 is 0. The van der Waals surface area contributed by atoms with Crippen LogP contribution in [0.25, 0.3) is 0 Å². The first-order chi connectivity index (χ1) is 4.81. The summed E-state index contributed by atoms with van der Waals surface area (Å²) in [6.07, 6.45) is 1.14. The lowest BCUT2D eigenvalue weighted by Gasteiger charge is -2.00. The number of rotatable bonds is 5. The van der Waals surface area contributed by atoms with Crippen molar-refractivity contribution in [2.45, 2.75) is 12.8 Å². The Morgan fingerprint density at radius 1 is 1.60 bits per heavy atom. The molecule has 0 heterocycles. The standard InChI is InChI=1S/C6H12BrNO2/c7-3-2-6(10)8-4-1-5-9/h9H,1-5H2,(H,8,10). The van der Waals surface area contributed by atoms with E-state index in [9.17, 15) is 4.79 Å². The lowest BCUT2D eigenvalue weighted by atomic mass is 10.4. The van der Waals surface area contributed by atoms with Gasteiger partial charge in [0.05, 0.1) is 0 Å². The summed E-state index contributed by atoms with van der Waals surface area (Å²) in [5.41, 5.74) is 0. The van der Waals surface area contributed by atoms with E-state index in [4.69, 9.17) is 5.11 Å². The van der Waals surface area contributed by atoms with E-state index in [1.165, 1.54) is 0 Å². The smallest absolute Gasteiger partial charge is 0.220 e. The molecule has 3 nitrogen and oxygen atoms in total. The molecule has 0 aromatic carbocycles. The SMILES string of the molecule is O=C(CCBr)NCCCO. The minimum absolute atomic E-state index is 0.0327. The van der Waals surface area contributed by atoms with Gasteiger partial charge in [0, 0.05) is 24.9 Å². The van der Waals surface area contributed by atoms with E-state index in [1.807, 2.05) is 0 Å². The third-order valence-corrected chi connectivity index (χ3v) is 1.38. The molecule has 0 atom stereocenters. The average molecular weight is 210 g/mol. The third-order valence-electron chi connectivity index (χ3n) is 0.979. The number of amides is 1.